The predicted molar refractivity (Wildman–Crippen MR) is 127 cm³/mol. The summed E-state index contributed by atoms with van der Waals surface area (Å²) in [5.41, 5.74) is 9.45. The van der Waals surface area contributed by atoms with Gasteiger partial charge in [0.2, 0.25) is 5.91 Å². The molecule has 0 spiro atoms. The number of halogens is 4. The lowest BCUT2D eigenvalue weighted by atomic mass is 10.0. The number of nitrogens with zero attached hydrogens (tertiary/aromatic N) is 2. The molecule has 0 aliphatic carbocycles. The van der Waals surface area contributed by atoms with Gasteiger partial charge in [-0.05, 0) is 47.9 Å². The van der Waals surface area contributed by atoms with E-state index in [-0.39, 0.29) is 27.6 Å². The van der Waals surface area contributed by atoms with E-state index in [2.05, 4.69) is 10.3 Å². The van der Waals surface area contributed by atoms with E-state index in [0.29, 0.717) is 11.0 Å². The number of hydrogen-bond donors (Lipinski definition) is 3. The fourth-order valence-electron chi connectivity index (χ4n) is 3.68. The average molecular weight is 511 g/mol. The first-order valence-electron chi connectivity index (χ1n) is 10.6. The SMILES string of the molecule is NCC(=O)NC(=O)c1ccc2c(-c3ccc(F)cc3F)nc(N(C(N)=O)c3c(F)cccc3F)cc2c1. The van der Waals surface area contributed by atoms with Crippen LogP contribution >= 0.6 is 0 Å². The van der Waals surface area contributed by atoms with Crippen LogP contribution in [0, 0.1) is 23.3 Å². The van der Waals surface area contributed by atoms with Crippen LogP contribution in [0.1, 0.15) is 10.4 Å². The number of anilines is 2. The Morgan fingerprint density at radius 1 is 0.892 bits per heavy atom. The number of carbonyl (C=O) groups excluding carboxylic acids is 3. The number of rotatable bonds is 5. The highest BCUT2D eigenvalue weighted by atomic mass is 19.1. The van der Waals surface area contributed by atoms with Crippen LogP contribution in [-0.2, 0) is 4.79 Å². The molecule has 4 amide bonds. The maximum atomic E-state index is 14.8. The minimum Gasteiger partial charge on any atom is -0.351 e. The Labute approximate surface area is 206 Å². The van der Waals surface area contributed by atoms with Gasteiger partial charge in [0.1, 0.15) is 34.8 Å². The summed E-state index contributed by atoms with van der Waals surface area (Å²) in [5, 5.41) is 2.45. The van der Waals surface area contributed by atoms with Gasteiger partial charge in [-0.25, -0.2) is 32.2 Å². The van der Waals surface area contributed by atoms with E-state index < -0.39 is 59.2 Å². The Hall–Kier alpha value is -4.84. The van der Waals surface area contributed by atoms with Gasteiger partial charge in [-0.1, -0.05) is 12.1 Å². The molecule has 0 fully saturated rings. The van der Waals surface area contributed by atoms with Crippen molar-refractivity contribution in [1.29, 1.82) is 0 Å². The number of imide groups is 1. The third-order valence-corrected chi connectivity index (χ3v) is 5.32. The number of benzene rings is 3. The van der Waals surface area contributed by atoms with Crippen LogP contribution in [0.15, 0.2) is 60.7 Å². The van der Waals surface area contributed by atoms with E-state index in [1.807, 2.05) is 0 Å². The summed E-state index contributed by atoms with van der Waals surface area (Å²) in [7, 11) is 0. The Kier molecular flexibility index (Phi) is 6.85. The zero-order valence-electron chi connectivity index (χ0n) is 18.8. The number of primary amides is 1. The molecule has 1 heterocycles. The zero-order valence-corrected chi connectivity index (χ0v) is 18.8. The van der Waals surface area contributed by atoms with Gasteiger partial charge in [0.05, 0.1) is 12.2 Å². The smallest absolute Gasteiger partial charge is 0.325 e. The van der Waals surface area contributed by atoms with Crippen molar-refractivity contribution < 1.29 is 31.9 Å². The average Bonchev–Trinajstić information content (AvgIpc) is 2.85. The van der Waals surface area contributed by atoms with Gasteiger partial charge in [-0.3, -0.25) is 14.9 Å². The molecule has 0 bridgehead atoms. The zero-order chi connectivity index (χ0) is 26.9. The summed E-state index contributed by atoms with van der Waals surface area (Å²) in [4.78, 5) is 41.0. The quantitative estimate of drug-likeness (QED) is 0.350. The number of carbonyl (C=O) groups is 3. The molecule has 4 rings (SSSR count). The molecule has 5 N–H and O–H groups in total. The summed E-state index contributed by atoms with van der Waals surface area (Å²) in [6.45, 7) is -0.441. The van der Waals surface area contributed by atoms with E-state index in [4.69, 9.17) is 11.5 Å². The predicted octanol–water partition coefficient (Wildman–Crippen LogP) is 3.89. The lowest BCUT2D eigenvalue weighted by molar-refractivity contribution is -0.118. The van der Waals surface area contributed by atoms with E-state index in [0.717, 1.165) is 30.3 Å². The fraction of sp³-hybridized carbons (Fsp3) is 0.0400. The van der Waals surface area contributed by atoms with Crippen LogP contribution in [0.3, 0.4) is 0 Å². The Bertz CT molecular complexity index is 1560. The van der Waals surface area contributed by atoms with Crippen LogP contribution in [-0.4, -0.2) is 29.4 Å². The molecule has 3 aromatic carbocycles. The molecular formula is C25H17F4N5O3. The second-order valence-electron chi connectivity index (χ2n) is 7.71. The van der Waals surface area contributed by atoms with Gasteiger partial charge < -0.3 is 11.5 Å². The number of para-hydroxylation sites is 1. The molecule has 0 saturated carbocycles. The molecule has 1 aromatic heterocycles. The number of nitrogens with one attached hydrogen (secondary N) is 1. The van der Waals surface area contributed by atoms with Crippen LogP contribution < -0.4 is 21.7 Å². The number of hydrogen-bond acceptors (Lipinski definition) is 5. The normalized spacial score (nSPS) is 10.8. The highest BCUT2D eigenvalue weighted by Crippen LogP contribution is 2.36. The van der Waals surface area contributed by atoms with E-state index in [1.165, 1.54) is 24.3 Å². The molecule has 0 aliphatic heterocycles. The van der Waals surface area contributed by atoms with Crippen molar-refractivity contribution in [2.75, 3.05) is 11.4 Å². The van der Waals surface area contributed by atoms with E-state index >= 15 is 0 Å². The summed E-state index contributed by atoms with van der Waals surface area (Å²) in [5.74, 6) is -6.12. The molecule has 0 unspecified atom stereocenters. The molecule has 188 valence electrons. The van der Waals surface area contributed by atoms with Gasteiger partial charge >= 0.3 is 6.03 Å². The van der Waals surface area contributed by atoms with Gasteiger partial charge in [-0.15, -0.1) is 0 Å². The number of aromatic nitrogens is 1. The van der Waals surface area contributed by atoms with Crippen molar-refractivity contribution in [1.82, 2.24) is 10.3 Å². The first-order valence-corrected chi connectivity index (χ1v) is 10.6. The van der Waals surface area contributed by atoms with Crippen molar-refractivity contribution in [3.05, 3.63) is 89.5 Å². The molecule has 8 nitrogen and oxygen atoms in total. The fourth-order valence-corrected chi connectivity index (χ4v) is 3.68. The topological polar surface area (TPSA) is 131 Å². The number of pyridine rings is 1. The standard InChI is InChI=1S/C25H17F4N5O3/c26-14-5-7-16(19(29)10-14)22-15-6-4-12(24(36)33-21(35)11-30)8-13(15)9-20(32-22)34(25(31)37)23-17(27)2-1-3-18(23)28/h1-10H,11,30H2,(H2,31,37)(H,33,35,36). The van der Waals surface area contributed by atoms with E-state index in [1.54, 1.807) is 0 Å². The lowest BCUT2D eigenvalue weighted by Crippen LogP contribution is -2.35. The maximum Gasteiger partial charge on any atom is 0.325 e. The number of urea groups is 1. The second-order valence-corrected chi connectivity index (χ2v) is 7.71. The molecular weight excluding hydrogens is 494 g/mol. The minimum absolute atomic E-state index is 0.0281. The molecule has 0 saturated heterocycles. The molecule has 12 heteroatoms. The number of amides is 4. The first-order chi connectivity index (χ1) is 17.6. The summed E-state index contributed by atoms with van der Waals surface area (Å²) in [6, 6.07) is 9.39. The van der Waals surface area contributed by atoms with Crippen molar-refractivity contribution in [3.63, 3.8) is 0 Å². The largest absolute Gasteiger partial charge is 0.351 e. The van der Waals surface area contributed by atoms with Gasteiger partial charge in [0.25, 0.3) is 5.91 Å². The van der Waals surface area contributed by atoms with Gasteiger partial charge in [0, 0.05) is 22.6 Å². The Morgan fingerprint density at radius 3 is 2.22 bits per heavy atom. The molecule has 0 radical (unpaired) electrons. The maximum absolute atomic E-state index is 14.8. The van der Waals surface area contributed by atoms with Crippen LogP contribution in [0.4, 0.5) is 33.9 Å². The van der Waals surface area contributed by atoms with Crippen molar-refractivity contribution in [2.45, 2.75) is 0 Å². The minimum atomic E-state index is -1.32. The van der Waals surface area contributed by atoms with Gasteiger partial charge in [-0.2, -0.15) is 0 Å². The van der Waals surface area contributed by atoms with Crippen molar-refractivity contribution >= 4 is 40.1 Å². The highest BCUT2D eigenvalue weighted by molar-refractivity contribution is 6.09. The number of fused-ring (bicyclic) bond motifs is 1. The Balaban J connectivity index is 2.01. The molecule has 37 heavy (non-hydrogen) atoms. The van der Waals surface area contributed by atoms with Crippen LogP contribution in [0.25, 0.3) is 22.0 Å². The molecule has 0 atom stereocenters. The molecule has 4 aromatic rings. The monoisotopic (exact) mass is 511 g/mol. The van der Waals surface area contributed by atoms with Crippen LogP contribution in [0.2, 0.25) is 0 Å². The third kappa shape index (κ3) is 4.95. The second kappa shape index (κ2) is 10.0. The highest BCUT2D eigenvalue weighted by Gasteiger charge is 2.26. The third-order valence-electron chi connectivity index (χ3n) is 5.32. The summed E-state index contributed by atoms with van der Waals surface area (Å²) in [6.07, 6.45) is 0. The first kappa shape index (κ1) is 25.3. The van der Waals surface area contributed by atoms with Crippen molar-refractivity contribution in [2.24, 2.45) is 11.5 Å². The van der Waals surface area contributed by atoms with Gasteiger partial charge in [0.15, 0.2) is 0 Å². The summed E-state index contributed by atoms with van der Waals surface area (Å²) >= 11 is 0. The number of nitrogens with two attached hydrogens (primary N) is 2. The van der Waals surface area contributed by atoms with E-state index in [9.17, 15) is 31.9 Å². The van der Waals surface area contributed by atoms with Crippen molar-refractivity contribution in [3.8, 4) is 11.3 Å². The molecule has 0 aliphatic rings. The lowest BCUT2D eigenvalue weighted by Gasteiger charge is -2.22. The summed E-state index contributed by atoms with van der Waals surface area (Å²) < 4.78 is 57.6. The van der Waals surface area contributed by atoms with Crippen LogP contribution in [0.5, 0.6) is 0 Å². The Morgan fingerprint density at radius 2 is 1.59 bits per heavy atom.